The van der Waals surface area contributed by atoms with Crippen LogP contribution in [-0.2, 0) is 13.2 Å². The van der Waals surface area contributed by atoms with E-state index in [0.29, 0.717) is 12.6 Å². The highest BCUT2D eigenvalue weighted by molar-refractivity contribution is 9.10. The third-order valence-corrected chi connectivity index (χ3v) is 5.85. The Morgan fingerprint density at radius 3 is 2.46 bits per heavy atom. The van der Waals surface area contributed by atoms with Crippen molar-refractivity contribution in [1.29, 1.82) is 0 Å². The number of halogens is 1. The smallest absolute Gasteiger partial charge is 0.124 e. The monoisotopic (exact) mass is 415 g/mol. The molecule has 2 aromatic rings. The molecular weight excluding hydrogens is 386 g/mol. The lowest BCUT2D eigenvalue weighted by molar-refractivity contribution is 0.299. The SMILES string of the molecule is Cc1ccccc1COc1ccc(Br)cc1CNC1CCCCCCC1. The molecule has 3 rings (SSSR count). The third-order valence-electron chi connectivity index (χ3n) is 5.35. The van der Waals surface area contributed by atoms with Crippen LogP contribution in [0.3, 0.4) is 0 Å². The lowest BCUT2D eigenvalue weighted by Gasteiger charge is -2.22. The lowest BCUT2D eigenvalue weighted by Crippen LogP contribution is -2.29. The van der Waals surface area contributed by atoms with Crippen molar-refractivity contribution in [2.24, 2.45) is 0 Å². The fraction of sp³-hybridized carbons (Fsp3) is 0.478. The van der Waals surface area contributed by atoms with Gasteiger partial charge in [-0.05, 0) is 49.1 Å². The van der Waals surface area contributed by atoms with Gasteiger partial charge < -0.3 is 10.1 Å². The minimum absolute atomic E-state index is 0.616. The van der Waals surface area contributed by atoms with Gasteiger partial charge in [0.05, 0.1) is 0 Å². The van der Waals surface area contributed by atoms with E-state index in [0.717, 1.165) is 16.8 Å². The Morgan fingerprint density at radius 2 is 1.69 bits per heavy atom. The Hall–Kier alpha value is -1.32. The van der Waals surface area contributed by atoms with E-state index in [1.165, 1.54) is 61.6 Å². The van der Waals surface area contributed by atoms with Crippen LogP contribution in [0.25, 0.3) is 0 Å². The Morgan fingerprint density at radius 1 is 0.962 bits per heavy atom. The lowest BCUT2D eigenvalue weighted by atomic mass is 9.96. The maximum absolute atomic E-state index is 6.18. The standard InChI is InChI=1S/C23H30BrNO/c1-18-9-7-8-10-19(18)17-26-23-14-13-21(24)15-20(23)16-25-22-11-5-3-2-4-6-12-22/h7-10,13-15,22,25H,2-6,11-12,16-17H2,1H3. The van der Waals surface area contributed by atoms with Crippen molar-refractivity contribution in [2.75, 3.05) is 0 Å². The molecule has 0 bridgehead atoms. The first-order chi connectivity index (χ1) is 12.7. The highest BCUT2D eigenvalue weighted by Crippen LogP contribution is 2.25. The summed E-state index contributed by atoms with van der Waals surface area (Å²) in [5.74, 6) is 0.981. The van der Waals surface area contributed by atoms with E-state index in [4.69, 9.17) is 4.74 Å². The van der Waals surface area contributed by atoms with Gasteiger partial charge in [0.25, 0.3) is 0 Å². The largest absolute Gasteiger partial charge is 0.489 e. The molecule has 0 unspecified atom stereocenters. The molecular formula is C23H30BrNO. The average molecular weight is 416 g/mol. The quantitative estimate of drug-likeness (QED) is 0.577. The van der Waals surface area contributed by atoms with E-state index in [1.54, 1.807) is 0 Å². The van der Waals surface area contributed by atoms with Crippen molar-refractivity contribution < 1.29 is 4.74 Å². The molecule has 1 aliphatic rings. The zero-order chi connectivity index (χ0) is 18.2. The molecule has 0 radical (unpaired) electrons. The molecule has 0 aliphatic heterocycles. The predicted molar refractivity (Wildman–Crippen MR) is 113 cm³/mol. The highest BCUT2D eigenvalue weighted by Gasteiger charge is 2.13. The van der Waals surface area contributed by atoms with Gasteiger partial charge in [0.15, 0.2) is 0 Å². The summed E-state index contributed by atoms with van der Waals surface area (Å²) in [5, 5.41) is 3.78. The second kappa shape index (κ2) is 10.1. The summed E-state index contributed by atoms with van der Waals surface area (Å²) in [6.45, 7) is 3.62. The van der Waals surface area contributed by atoms with Gasteiger partial charge >= 0.3 is 0 Å². The van der Waals surface area contributed by atoms with Crippen molar-refractivity contribution in [2.45, 2.75) is 71.1 Å². The number of hydrogen-bond acceptors (Lipinski definition) is 2. The van der Waals surface area contributed by atoms with Crippen molar-refractivity contribution in [3.8, 4) is 5.75 Å². The maximum Gasteiger partial charge on any atom is 0.124 e. The van der Waals surface area contributed by atoms with Crippen molar-refractivity contribution in [3.63, 3.8) is 0 Å². The number of hydrogen-bond donors (Lipinski definition) is 1. The first kappa shape index (κ1) is 19.4. The normalized spacial score (nSPS) is 16.1. The van der Waals surface area contributed by atoms with E-state index < -0.39 is 0 Å². The number of nitrogens with one attached hydrogen (secondary N) is 1. The second-order valence-electron chi connectivity index (χ2n) is 7.39. The molecule has 0 amide bonds. The van der Waals surface area contributed by atoms with Gasteiger partial charge in [-0.25, -0.2) is 0 Å². The molecule has 3 heteroatoms. The molecule has 2 aromatic carbocycles. The first-order valence-corrected chi connectivity index (χ1v) is 10.7. The fourth-order valence-corrected chi connectivity index (χ4v) is 4.08. The number of benzene rings is 2. The van der Waals surface area contributed by atoms with E-state index in [-0.39, 0.29) is 0 Å². The molecule has 0 atom stereocenters. The minimum Gasteiger partial charge on any atom is -0.489 e. The van der Waals surface area contributed by atoms with E-state index in [1.807, 2.05) is 0 Å². The molecule has 0 heterocycles. The van der Waals surface area contributed by atoms with Gasteiger partial charge in [0.1, 0.15) is 12.4 Å². The topological polar surface area (TPSA) is 21.3 Å². The average Bonchev–Trinajstić information content (AvgIpc) is 2.61. The van der Waals surface area contributed by atoms with Gasteiger partial charge in [0.2, 0.25) is 0 Å². The van der Waals surface area contributed by atoms with Crippen molar-refractivity contribution in [3.05, 3.63) is 63.6 Å². The van der Waals surface area contributed by atoms with Crippen LogP contribution in [0.5, 0.6) is 5.75 Å². The molecule has 1 fully saturated rings. The molecule has 26 heavy (non-hydrogen) atoms. The van der Waals surface area contributed by atoms with Crippen molar-refractivity contribution >= 4 is 15.9 Å². The summed E-state index contributed by atoms with van der Waals surface area (Å²) >= 11 is 3.61. The summed E-state index contributed by atoms with van der Waals surface area (Å²) in [6.07, 6.45) is 9.50. The van der Waals surface area contributed by atoms with Crippen molar-refractivity contribution in [1.82, 2.24) is 5.32 Å². The van der Waals surface area contributed by atoms with E-state index in [9.17, 15) is 0 Å². The maximum atomic E-state index is 6.18. The van der Waals surface area contributed by atoms with Crippen LogP contribution in [0.4, 0.5) is 0 Å². The van der Waals surface area contributed by atoms with Gasteiger partial charge in [0, 0.05) is 22.6 Å². The predicted octanol–water partition coefficient (Wildman–Crippen LogP) is 6.54. The number of rotatable bonds is 6. The van der Waals surface area contributed by atoms with Gasteiger partial charge in [-0.15, -0.1) is 0 Å². The van der Waals surface area contributed by atoms with Gasteiger partial charge in [-0.1, -0.05) is 72.3 Å². The first-order valence-electron chi connectivity index (χ1n) is 9.91. The van der Waals surface area contributed by atoms with Crippen LogP contribution in [0.15, 0.2) is 46.9 Å². The van der Waals surface area contributed by atoms with Crippen LogP contribution < -0.4 is 10.1 Å². The summed E-state index contributed by atoms with van der Waals surface area (Å²) in [4.78, 5) is 0. The van der Waals surface area contributed by atoms with Crippen LogP contribution in [0.1, 0.15) is 61.6 Å². The van der Waals surface area contributed by atoms with Gasteiger partial charge in [-0.2, -0.15) is 0 Å². The number of ether oxygens (including phenoxy) is 1. The Balaban J connectivity index is 1.62. The summed E-state index contributed by atoms with van der Waals surface area (Å²) in [5.41, 5.74) is 3.75. The Kier molecular flexibility index (Phi) is 7.57. The molecule has 0 spiro atoms. The second-order valence-corrected chi connectivity index (χ2v) is 8.31. The minimum atomic E-state index is 0.616. The van der Waals surface area contributed by atoms with Crippen LogP contribution >= 0.6 is 15.9 Å². The van der Waals surface area contributed by atoms with E-state index >= 15 is 0 Å². The molecule has 1 aliphatic carbocycles. The van der Waals surface area contributed by atoms with Gasteiger partial charge in [-0.3, -0.25) is 0 Å². The fourth-order valence-electron chi connectivity index (χ4n) is 3.67. The molecule has 0 aromatic heterocycles. The molecule has 140 valence electrons. The Labute approximate surface area is 166 Å². The van der Waals surface area contributed by atoms with Crippen LogP contribution in [-0.4, -0.2) is 6.04 Å². The summed E-state index contributed by atoms with van der Waals surface area (Å²) < 4.78 is 7.29. The zero-order valence-electron chi connectivity index (χ0n) is 15.8. The third kappa shape index (κ3) is 5.85. The Bertz CT molecular complexity index is 692. The molecule has 0 saturated heterocycles. The summed E-state index contributed by atoms with van der Waals surface area (Å²) in [7, 11) is 0. The van der Waals surface area contributed by atoms with Crippen LogP contribution in [0.2, 0.25) is 0 Å². The van der Waals surface area contributed by atoms with Crippen LogP contribution in [0, 0.1) is 6.92 Å². The zero-order valence-corrected chi connectivity index (χ0v) is 17.4. The molecule has 1 saturated carbocycles. The number of aryl methyl sites for hydroxylation is 1. The summed E-state index contributed by atoms with van der Waals surface area (Å²) in [6, 6.07) is 15.4. The van der Waals surface area contributed by atoms with E-state index in [2.05, 4.69) is 70.6 Å². The molecule has 2 nitrogen and oxygen atoms in total. The highest BCUT2D eigenvalue weighted by atomic mass is 79.9. The molecule has 1 N–H and O–H groups in total.